The van der Waals surface area contributed by atoms with E-state index in [1.807, 2.05) is 0 Å². The molecule has 0 aliphatic carbocycles. The highest BCUT2D eigenvalue weighted by atomic mass is 28.4. The Hall–Kier alpha value is -0.415. The molecule has 0 aromatic carbocycles. The average Bonchev–Trinajstić information content (AvgIpc) is 2.83. The van der Waals surface area contributed by atoms with E-state index >= 15 is 0 Å². The van der Waals surface area contributed by atoms with Crippen molar-refractivity contribution >= 4 is 46.6 Å². The first kappa shape index (κ1) is 39.6. The van der Waals surface area contributed by atoms with E-state index in [0.717, 1.165) is 0 Å². The lowest BCUT2D eigenvalue weighted by molar-refractivity contribution is 0.395. The number of nitrogens with zero attached hydrogens (tertiary/aromatic N) is 9. The molecule has 1 saturated heterocycles. The summed E-state index contributed by atoms with van der Waals surface area (Å²) in [6.07, 6.45) is 0. The first-order chi connectivity index (χ1) is 19.2. The molecule has 240 valence electrons. The molecular formula is C24H63B3N12Si3. The van der Waals surface area contributed by atoms with Gasteiger partial charge in [0.1, 0.15) is 0 Å². The highest BCUT2D eigenvalue weighted by molar-refractivity contribution is 6.93. The van der Waals surface area contributed by atoms with Gasteiger partial charge in [0.2, 0.25) is 0 Å². The van der Waals surface area contributed by atoms with Crippen LogP contribution in [0, 0.1) is 0 Å². The van der Waals surface area contributed by atoms with Crippen molar-refractivity contribution in [3.8, 4) is 0 Å². The predicted molar refractivity (Wildman–Crippen MR) is 195 cm³/mol. The van der Waals surface area contributed by atoms with Gasteiger partial charge in [0.25, 0.3) is 0 Å². The minimum atomic E-state index is -2.19. The van der Waals surface area contributed by atoms with Crippen LogP contribution in [0.25, 0.3) is 0 Å². The minimum absolute atomic E-state index is 0.0226. The molecule has 0 aromatic rings. The normalized spacial score (nSPS) is 17.1. The molecule has 0 unspecified atom stereocenters. The van der Waals surface area contributed by atoms with Gasteiger partial charge in [-0.1, -0.05) is 35.0 Å². The highest BCUT2D eigenvalue weighted by Crippen LogP contribution is 2.17. The SMILES string of the molecule is CN(C)[Si](/C=C/B1NB(/C=C/[Si](N(C)C)(N(C)C)N(C)C)NB(/C=C/[Si](N(C)C)(N(C)C)N(C)C)N1)(N(C)C)N(C)C. The van der Waals surface area contributed by atoms with Gasteiger partial charge in [0.15, 0.2) is 0 Å². The molecule has 1 heterocycles. The van der Waals surface area contributed by atoms with E-state index in [4.69, 9.17) is 0 Å². The largest absolute Gasteiger partial charge is 0.364 e. The van der Waals surface area contributed by atoms with E-state index in [2.05, 4.69) is 218 Å². The molecule has 18 heteroatoms. The summed E-state index contributed by atoms with van der Waals surface area (Å²) < 4.78 is 21.3. The van der Waals surface area contributed by atoms with Gasteiger partial charge in [-0.15, -0.1) is 0 Å². The molecule has 0 amide bonds. The summed E-state index contributed by atoms with van der Waals surface area (Å²) >= 11 is 0. The van der Waals surface area contributed by atoms with Crippen molar-refractivity contribution < 1.29 is 0 Å². The molecule has 3 N–H and O–H groups in total. The fraction of sp³-hybridized carbons (Fsp3) is 0.750. The molecule has 0 atom stereocenters. The zero-order chi connectivity index (χ0) is 32.8. The van der Waals surface area contributed by atoms with Crippen molar-refractivity contribution in [3.63, 3.8) is 0 Å². The first-order valence-electron chi connectivity index (χ1n) is 14.7. The van der Waals surface area contributed by atoms with E-state index in [0.29, 0.717) is 0 Å². The second-order valence-corrected chi connectivity index (χ2v) is 26.3. The quantitative estimate of drug-likeness (QED) is 0.175. The molecule has 0 radical (unpaired) electrons. The van der Waals surface area contributed by atoms with Gasteiger partial charge in [0, 0.05) is 0 Å². The van der Waals surface area contributed by atoms with Crippen LogP contribution in [0.15, 0.2) is 35.0 Å². The van der Waals surface area contributed by atoms with Gasteiger partial charge in [0.05, 0.1) is 0 Å². The maximum atomic E-state index is 3.81. The van der Waals surface area contributed by atoms with Crippen LogP contribution in [0.1, 0.15) is 0 Å². The zero-order valence-electron chi connectivity index (χ0n) is 30.2. The van der Waals surface area contributed by atoms with Crippen molar-refractivity contribution in [1.29, 1.82) is 0 Å². The molecular weight excluding hydrogens is 573 g/mol. The summed E-state index contributed by atoms with van der Waals surface area (Å²) in [6, 6.07) is 0. The molecule has 12 nitrogen and oxygen atoms in total. The number of hydrogen-bond donors (Lipinski definition) is 3. The molecule has 1 fully saturated rings. The summed E-state index contributed by atoms with van der Waals surface area (Å²) in [5, 5.41) is 11.4. The van der Waals surface area contributed by atoms with Crippen LogP contribution in [0.3, 0.4) is 0 Å². The molecule has 0 bridgehead atoms. The lowest BCUT2D eigenvalue weighted by atomic mass is 9.49. The third-order valence-electron chi connectivity index (χ3n) is 8.54. The summed E-state index contributed by atoms with van der Waals surface area (Å²) in [5.41, 5.74) is 7.25. The molecule has 0 spiro atoms. The molecule has 1 rings (SSSR count). The summed E-state index contributed by atoms with van der Waals surface area (Å²) in [6.45, 7) is -0.0679. The second kappa shape index (κ2) is 16.2. The summed E-state index contributed by atoms with van der Waals surface area (Å²) in [7, 11) is 32.7. The van der Waals surface area contributed by atoms with Crippen molar-refractivity contribution in [2.45, 2.75) is 0 Å². The lowest BCUT2D eigenvalue weighted by Crippen LogP contribution is -2.75. The van der Waals surface area contributed by atoms with Gasteiger partial charge < -0.3 is 56.5 Å². The molecule has 0 saturated carbocycles. The van der Waals surface area contributed by atoms with Crippen LogP contribution in [0.4, 0.5) is 0 Å². The molecule has 0 aromatic heterocycles. The van der Waals surface area contributed by atoms with E-state index in [-0.39, 0.29) is 20.9 Å². The molecule has 42 heavy (non-hydrogen) atoms. The number of rotatable bonds is 15. The van der Waals surface area contributed by atoms with Crippen LogP contribution in [0.2, 0.25) is 0 Å². The minimum Gasteiger partial charge on any atom is -0.364 e. The fourth-order valence-corrected chi connectivity index (χ4v) is 17.9. The second-order valence-electron chi connectivity index (χ2n) is 13.1. The van der Waals surface area contributed by atoms with Crippen molar-refractivity contribution in [2.24, 2.45) is 0 Å². The van der Waals surface area contributed by atoms with Crippen molar-refractivity contribution in [2.75, 3.05) is 127 Å². The smallest absolute Gasteiger partial charge is 0.313 e. The third kappa shape index (κ3) is 8.44. The highest BCUT2D eigenvalue weighted by Gasteiger charge is 2.44. The van der Waals surface area contributed by atoms with Crippen molar-refractivity contribution in [1.82, 2.24) is 56.5 Å². The maximum absolute atomic E-state index is 3.81. The monoisotopic (exact) mass is 636 g/mol. The fourth-order valence-electron chi connectivity index (χ4n) is 6.68. The summed E-state index contributed by atoms with van der Waals surface area (Å²) in [5.74, 6) is 6.95. The van der Waals surface area contributed by atoms with Gasteiger partial charge in [-0.3, -0.25) is 0 Å². The first-order valence-corrected chi connectivity index (χ1v) is 20.4. The predicted octanol–water partition coefficient (Wildman–Crippen LogP) is -1.99. The topological polar surface area (TPSA) is 65.3 Å². The number of hydrogen-bond acceptors (Lipinski definition) is 12. The standard InChI is InChI=1S/C24H63B3N12Si3/c1-31(2)40(32(3)4,33(5)6)22-19-25-28-26(20-23-41(34(7)8,35(9)10)36(11)12)30-27(29-25)21-24-42(37(13)14,38(15)16)39(17)18/h19-24,28-30H,1-18H3/b22-19+,23-20+,24-21+. The van der Waals surface area contributed by atoms with E-state index in [9.17, 15) is 0 Å². The Bertz CT molecular complexity index is 731. The van der Waals surface area contributed by atoms with Gasteiger partial charge >= 0.3 is 46.6 Å². The van der Waals surface area contributed by atoms with Crippen LogP contribution in [0.5, 0.6) is 0 Å². The Morgan fingerprint density at radius 3 is 0.571 bits per heavy atom. The van der Waals surface area contributed by atoms with Crippen molar-refractivity contribution in [3.05, 3.63) is 35.0 Å². The van der Waals surface area contributed by atoms with Gasteiger partial charge in [-0.05, 0) is 127 Å². The maximum Gasteiger partial charge on any atom is 0.313 e. The Morgan fingerprint density at radius 2 is 0.452 bits per heavy atom. The zero-order valence-corrected chi connectivity index (χ0v) is 33.2. The van der Waals surface area contributed by atoms with Gasteiger partial charge in [-0.25, -0.2) is 0 Å². The van der Waals surface area contributed by atoms with Crippen LogP contribution in [-0.4, -0.2) is 215 Å². The van der Waals surface area contributed by atoms with Crippen LogP contribution < -0.4 is 15.4 Å². The van der Waals surface area contributed by atoms with Gasteiger partial charge in [-0.2, -0.15) is 0 Å². The van der Waals surface area contributed by atoms with Crippen LogP contribution >= 0.6 is 0 Å². The third-order valence-corrected chi connectivity index (χ3v) is 22.3. The van der Waals surface area contributed by atoms with E-state index in [1.165, 1.54) is 0 Å². The lowest BCUT2D eigenvalue weighted by Gasteiger charge is -2.45. The van der Waals surface area contributed by atoms with E-state index < -0.39 is 25.7 Å². The molecule has 1 aliphatic heterocycles. The van der Waals surface area contributed by atoms with E-state index in [1.54, 1.807) is 0 Å². The molecule has 1 aliphatic rings. The average molecular weight is 637 g/mol. The Kier molecular flexibility index (Phi) is 15.3. The number of nitrogens with one attached hydrogen (secondary N) is 3. The Labute approximate surface area is 264 Å². The Morgan fingerprint density at radius 1 is 0.310 bits per heavy atom. The Balaban J connectivity index is 3.63. The van der Waals surface area contributed by atoms with Crippen LogP contribution in [-0.2, 0) is 0 Å². The summed E-state index contributed by atoms with van der Waals surface area (Å²) in [4.78, 5) is 0.